The average molecular weight is 249 g/mol. The third-order valence-electron chi connectivity index (χ3n) is 3.39. The molecule has 0 radical (unpaired) electrons. The fourth-order valence-corrected chi connectivity index (χ4v) is 2.49. The largest absolute Gasteiger partial charge is 0.481 e. The summed E-state index contributed by atoms with van der Waals surface area (Å²) in [4.78, 5) is 19.4. The maximum Gasteiger partial charge on any atom is 0.305 e. The van der Waals surface area contributed by atoms with Crippen LogP contribution in [0.15, 0.2) is 6.07 Å². The van der Waals surface area contributed by atoms with E-state index in [1.807, 2.05) is 13.0 Å². The Kier molecular flexibility index (Phi) is 3.91. The molecule has 1 aromatic heterocycles. The molecular formula is C13H19N3O2. The maximum atomic E-state index is 10.7. The quantitative estimate of drug-likeness (QED) is 0.850. The Labute approximate surface area is 106 Å². The molecule has 98 valence electrons. The fraction of sp³-hybridized carbons (Fsp3) is 0.615. The standard InChI is InChI=1S/C13H19N3O2/c1-8-6-11(9-4-2-3-5-9)16-13(15-8)10(14)7-12(17)18/h6,9-10H,2-5,7,14H2,1H3,(H,17,18). The summed E-state index contributed by atoms with van der Waals surface area (Å²) >= 11 is 0. The molecule has 3 N–H and O–H groups in total. The number of carboxylic acids is 1. The molecule has 0 aromatic carbocycles. The average Bonchev–Trinajstić information content (AvgIpc) is 2.80. The molecule has 1 heterocycles. The van der Waals surface area contributed by atoms with Crippen molar-refractivity contribution < 1.29 is 9.90 Å². The summed E-state index contributed by atoms with van der Waals surface area (Å²) in [5.74, 6) is 0.0248. The number of nitrogens with two attached hydrogens (primary N) is 1. The zero-order valence-electron chi connectivity index (χ0n) is 10.6. The minimum absolute atomic E-state index is 0.131. The van der Waals surface area contributed by atoms with Gasteiger partial charge in [-0.25, -0.2) is 9.97 Å². The molecule has 0 amide bonds. The molecule has 1 unspecified atom stereocenters. The van der Waals surface area contributed by atoms with Gasteiger partial charge in [-0.2, -0.15) is 0 Å². The Hall–Kier alpha value is -1.49. The van der Waals surface area contributed by atoms with Gasteiger partial charge in [0.2, 0.25) is 0 Å². The highest BCUT2D eigenvalue weighted by Crippen LogP contribution is 2.33. The van der Waals surface area contributed by atoms with Crippen LogP contribution >= 0.6 is 0 Å². The monoisotopic (exact) mass is 249 g/mol. The Balaban J connectivity index is 2.22. The van der Waals surface area contributed by atoms with Gasteiger partial charge in [0, 0.05) is 17.3 Å². The molecule has 0 spiro atoms. The maximum absolute atomic E-state index is 10.7. The van der Waals surface area contributed by atoms with Crippen LogP contribution in [0.25, 0.3) is 0 Å². The second-order valence-corrected chi connectivity index (χ2v) is 4.98. The first-order valence-electron chi connectivity index (χ1n) is 6.39. The lowest BCUT2D eigenvalue weighted by atomic mass is 10.0. The van der Waals surface area contributed by atoms with Gasteiger partial charge in [0.25, 0.3) is 0 Å². The first-order chi connectivity index (χ1) is 8.56. The van der Waals surface area contributed by atoms with E-state index in [1.54, 1.807) is 0 Å². The highest BCUT2D eigenvalue weighted by atomic mass is 16.4. The van der Waals surface area contributed by atoms with Gasteiger partial charge in [0.1, 0.15) is 5.82 Å². The van der Waals surface area contributed by atoms with Gasteiger partial charge in [-0.05, 0) is 25.8 Å². The number of carboxylic acid groups (broad SMARTS) is 1. The molecule has 1 atom stereocenters. The molecule has 0 saturated heterocycles. The van der Waals surface area contributed by atoms with Crippen molar-refractivity contribution in [1.29, 1.82) is 0 Å². The lowest BCUT2D eigenvalue weighted by molar-refractivity contribution is -0.137. The van der Waals surface area contributed by atoms with Crippen LogP contribution in [-0.4, -0.2) is 21.0 Å². The number of carbonyl (C=O) groups is 1. The number of aromatic nitrogens is 2. The van der Waals surface area contributed by atoms with E-state index >= 15 is 0 Å². The van der Waals surface area contributed by atoms with Gasteiger partial charge >= 0.3 is 5.97 Å². The van der Waals surface area contributed by atoms with Crippen LogP contribution in [0.1, 0.15) is 61.3 Å². The first kappa shape index (κ1) is 13.0. The van der Waals surface area contributed by atoms with E-state index in [2.05, 4.69) is 9.97 Å². The summed E-state index contributed by atoms with van der Waals surface area (Å²) in [6, 6.07) is 1.37. The van der Waals surface area contributed by atoms with Crippen molar-refractivity contribution in [3.8, 4) is 0 Å². The summed E-state index contributed by atoms with van der Waals surface area (Å²) in [7, 11) is 0. The number of nitrogens with zero attached hydrogens (tertiary/aromatic N) is 2. The molecule has 5 heteroatoms. The van der Waals surface area contributed by atoms with E-state index in [9.17, 15) is 4.79 Å². The minimum atomic E-state index is -0.921. The molecule has 1 aliphatic carbocycles. The first-order valence-corrected chi connectivity index (χ1v) is 6.39. The zero-order chi connectivity index (χ0) is 13.1. The molecule has 1 saturated carbocycles. The fourth-order valence-electron chi connectivity index (χ4n) is 2.49. The molecule has 0 bridgehead atoms. The van der Waals surface area contributed by atoms with Crippen LogP contribution in [0.5, 0.6) is 0 Å². The summed E-state index contributed by atoms with van der Waals surface area (Å²) < 4.78 is 0. The highest BCUT2D eigenvalue weighted by molar-refractivity contribution is 5.67. The number of hydrogen-bond donors (Lipinski definition) is 2. The highest BCUT2D eigenvalue weighted by Gasteiger charge is 2.21. The van der Waals surface area contributed by atoms with E-state index in [0.717, 1.165) is 24.2 Å². The van der Waals surface area contributed by atoms with Crippen molar-refractivity contribution in [2.75, 3.05) is 0 Å². The van der Waals surface area contributed by atoms with Crippen LogP contribution < -0.4 is 5.73 Å². The van der Waals surface area contributed by atoms with Gasteiger partial charge < -0.3 is 10.8 Å². The second kappa shape index (κ2) is 5.44. The van der Waals surface area contributed by atoms with Crippen LogP contribution in [0, 0.1) is 6.92 Å². The van der Waals surface area contributed by atoms with E-state index in [1.165, 1.54) is 12.8 Å². The van der Waals surface area contributed by atoms with Crippen molar-refractivity contribution in [3.05, 3.63) is 23.3 Å². The third kappa shape index (κ3) is 3.04. The summed E-state index contributed by atoms with van der Waals surface area (Å²) in [6.07, 6.45) is 4.66. The normalized spacial score (nSPS) is 17.9. The second-order valence-electron chi connectivity index (χ2n) is 4.98. The molecule has 1 fully saturated rings. The number of rotatable bonds is 4. The minimum Gasteiger partial charge on any atom is -0.481 e. The third-order valence-corrected chi connectivity index (χ3v) is 3.39. The zero-order valence-corrected chi connectivity index (χ0v) is 10.6. The van der Waals surface area contributed by atoms with E-state index in [4.69, 9.17) is 10.8 Å². The van der Waals surface area contributed by atoms with Crippen LogP contribution in [0.4, 0.5) is 0 Å². The lowest BCUT2D eigenvalue weighted by Crippen LogP contribution is -2.19. The van der Waals surface area contributed by atoms with Crippen molar-refractivity contribution in [3.63, 3.8) is 0 Å². The molecule has 1 aromatic rings. The van der Waals surface area contributed by atoms with Gasteiger partial charge in [0.05, 0.1) is 12.5 Å². The molecule has 18 heavy (non-hydrogen) atoms. The van der Waals surface area contributed by atoms with Crippen molar-refractivity contribution in [2.24, 2.45) is 5.73 Å². The van der Waals surface area contributed by atoms with Crippen molar-refractivity contribution in [2.45, 2.75) is 51.0 Å². The van der Waals surface area contributed by atoms with Gasteiger partial charge in [0.15, 0.2) is 0 Å². The van der Waals surface area contributed by atoms with Gasteiger partial charge in [-0.1, -0.05) is 12.8 Å². The van der Waals surface area contributed by atoms with E-state index in [0.29, 0.717) is 11.7 Å². The van der Waals surface area contributed by atoms with Crippen LogP contribution in [-0.2, 0) is 4.79 Å². The van der Waals surface area contributed by atoms with Crippen molar-refractivity contribution in [1.82, 2.24) is 9.97 Å². The predicted molar refractivity (Wildman–Crippen MR) is 67.2 cm³/mol. The van der Waals surface area contributed by atoms with Gasteiger partial charge in [-0.3, -0.25) is 4.79 Å². The Morgan fingerprint density at radius 3 is 2.78 bits per heavy atom. The summed E-state index contributed by atoms with van der Waals surface area (Å²) in [6.45, 7) is 1.90. The topological polar surface area (TPSA) is 89.1 Å². The van der Waals surface area contributed by atoms with Gasteiger partial charge in [-0.15, -0.1) is 0 Å². The molecule has 0 aliphatic heterocycles. The number of aryl methyl sites for hydroxylation is 1. The Bertz CT molecular complexity index is 442. The smallest absolute Gasteiger partial charge is 0.305 e. The number of aliphatic carboxylic acids is 1. The molecule has 1 aliphatic rings. The Morgan fingerprint density at radius 1 is 1.50 bits per heavy atom. The lowest BCUT2D eigenvalue weighted by Gasteiger charge is -2.14. The van der Waals surface area contributed by atoms with E-state index in [-0.39, 0.29) is 6.42 Å². The Morgan fingerprint density at radius 2 is 2.17 bits per heavy atom. The molecule has 2 rings (SSSR count). The summed E-state index contributed by atoms with van der Waals surface area (Å²) in [5.41, 5.74) is 7.71. The predicted octanol–water partition coefficient (Wildman–Crippen LogP) is 1.92. The molecule has 5 nitrogen and oxygen atoms in total. The van der Waals surface area contributed by atoms with Crippen molar-refractivity contribution >= 4 is 5.97 Å². The van der Waals surface area contributed by atoms with Crippen LogP contribution in [0.2, 0.25) is 0 Å². The van der Waals surface area contributed by atoms with E-state index < -0.39 is 12.0 Å². The summed E-state index contributed by atoms with van der Waals surface area (Å²) in [5, 5.41) is 8.76. The van der Waals surface area contributed by atoms with Crippen LogP contribution in [0.3, 0.4) is 0 Å². The number of hydrogen-bond acceptors (Lipinski definition) is 4. The SMILES string of the molecule is Cc1cc(C2CCCC2)nc(C(N)CC(=O)O)n1. The molecular weight excluding hydrogens is 230 g/mol.